The van der Waals surface area contributed by atoms with Crippen LogP contribution in [0.4, 0.5) is 0 Å². The van der Waals surface area contributed by atoms with Crippen molar-refractivity contribution in [1.82, 2.24) is 0 Å². The van der Waals surface area contributed by atoms with E-state index in [9.17, 15) is 15.0 Å². The molecular weight excluding hydrogens is 298 g/mol. The Balaban J connectivity index is 2.23. The maximum absolute atomic E-state index is 12.8. The molecule has 0 spiro atoms. The first-order chi connectivity index (χ1) is 11.1. The van der Waals surface area contributed by atoms with Crippen molar-refractivity contribution in [3.05, 3.63) is 52.9 Å². The maximum Gasteiger partial charge on any atom is 0.204 e. The van der Waals surface area contributed by atoms with E-state index in [4.69, 9.17) is 14.9 Å². The van der Waals surface area contributed by atoms with Crippen molar-refractivity contribution in [2.45, 2.75) is 0 Å². The minimum absolute atomic E-state index is 0.0648. The molecule has 0 radical (unpaired) electrons. The van der Waals surface area contributed by atoms with E-state index in [0.29, 0.717) is 11.1 Å². The van der Waals surface area contributed by atoms with Gasteiger partial charge >= 0.3 is 0 Å². The molecule has 2 aromatic carbocycles. The van der Waals surface area contributed by atoms with Crippen LogP contribution in [0.1, 0.15) is 0 Å². The molecule has 0 fully saturated rings. The van der Waals surface area contributed by atoms with Gasteiger partial charge in [-0.1, -0.05) is 12.1 Å². The van der Waals surface area contributed by atoms with Gasteiger partial charge in [0.1, 0.15) is 41.1 Å². The predicted octanol–water partition coefficient (Wildman–Crippen LogP) is 2.21. The van der Waals surface area contributed by atoms with Gasteiger partial charge in [-0.15, -0.1) is 0 Å². The highest BCUT2D eigenvalue weighted by molar-refractivity contribution is 5.88. The van der Waals surface area contributed by atoms with Gasteiger partial charge in [0.05, 0.1) is 5.56 Å². The zero-order chi connectivity index (χ0) is 16.4. The Hall–Kier alpha value is -2.99. The Bertz CT molecular complexity index is 899. The van der Waals surface area contributed by atoms with Crippen molar-refractivity contribution < 1.29 is 19.4 Å². The Morgan fingerprint density at radius 3 is 2.52 bits per heavy atom. The van der Waals surface area contributed by atoms with Crippen LogP contribution in [0, 0.1) is 0 Å². The van der Waals surface area contributed by atoms with Crippen molar-refractivity contribution in [1.29, 1.82) is 0 Å². The van der Waals surface area contributed by atoms with Crippen molar-refractivity contribution >= 4 is 11.0 Å². The van der Waals surface area contributed by atoms with Gasteiger partial charge in [0.25, 0.3) is 0 Å². The highest BCUT2D eigenvalue weighted by atomic mass is 16.5. The van der Waals surface area contributed by atoms with Crippen LogP contribution in [0.3, 0.4) is 0 Å². The third-order valence-electron chi connectivity index (χ3n) is 3.38. The largest absolute Gasteiger partial charge is 0.508 e. The summed E-state index contributed by atoms with van der Waals surface area (Å²) in [6, 6.07) is 8.92. The first-order valence-electron chi connectivity index (χ1n) is 7.01. The topological polar surface area (TPSA) is 106 Å². The predicted molar refractivity (Wildman–Crippen MR) is 85.8 cm³/mol. The quantitative estimate of drug-likeness (QED) is 0.682. The molecule has 0 atom stereocenters. The highest BCUT2D eigenvalue weighted by Gasteiger charge is 2.15. The van der Waals surface area contributed by atoms with Gasteiger partial charge in [-0.25, -0.2) is 0 Å². The van der Waals surface area contributed by atoms with E-state index in [1.54, 1.807) is 12.1 Å². The molecule has 3 aromatic rings. The summed E-state index contributed by atoms with van der Waals surface area (Å²) in [5.41, 5.74) is 6.30. The summed E-state index contributed by atoms with van der Waals surface area (Å²) in [5, 5.41) is 19.3. The SMILES string of the molecule is NCCOc1cc(O)cc2occ(-c3ccc(O)cc3)c(=O)c12. The molecule has 1 aromatic heterocycles. The molecule has 0 amide bonds. The summed E-state index contributed by atoms with van der Waals surface area (Å²) in [6.07, 6.45) is 1.32. The second kappa shape index (κ2) is 6.02. The van der Waals surface area contributed by atoms with Gasteiger partial charge in [0, 0.05) is 18.7 Å². The molecule has 3 rings (SSSR count). The first kappa shape index (κ1) is 14.9. The number of hydrogen-bond donors (Lipinski definition) is 3. The van der Waals surface area contributed by atoms with Gasteiger partial charge in [0.15, 0.2) is 0 Å². The monoisotopic (exact) mass is 313 g/mol. The van der Waals surface area contributed by atoms with Crippen molar-refractivity contribution in [3.8, 4) is 28.4 Å². The number of phenols is 2. The number of hydrogen-bond acceptors (Lipinski definition) is 6. The molecule has 23 heavy (non-hydrogen) atoms. The molecule has 6 heteroatoms. The van der Waals surface area contributed by atoms with Gasteiger partial charge in [0.2, 0.25) is 5.43 Å². The molecule has 4 N–H and O–H groups in total. The fraction of sp³-hybridized carbons (Fsp3) is 0.118. The van der Waals surface area contributed by atoms with Gasteiger partial charge in [-0.05, 0) is 17.7 Å². The van der Waals surface area contributed by atoms with E-state index in [0.717, 1.165) is 0 Å². The zero-order valence-corrected chi connectivity index (χ0v) is 12.2. The van der Waals surface area contributed by atoms with E-state index >= 15 is 0 Å². The average molecular weight is 313 g/mol. The number of nitrogens with two attached hydrogens (primary N) is 1. The summed E-state index contributed by atoms with van der Waals surface area (Å²) in [7, 11) is 0. The fourth-order valence-corrected chi connectivity index (χ4v) is 2.33. The summed E-state index contributed by atoms with van der Waals surface area (Å²) < 4.78 is 10.9. The second-order valence-electron chi connectivity index (χ2n) is 4.98. The number of benzene rings is 2. The van der Waals surface area contributed by atoms with Crippen LogP contribution in [0.2, 0.25) is 0 Å². The van der Waals surface area contributed by atoms with E-state index < -0.39 is 0 Å². The summed E-state index contributed by atoms with van der Waals surface area (Å²) >= 11 is 0. The molecular formula is C17H15NO5. The van der Waals surface area contributed by atoms with Gasteiger partial charge in [-0.2, -0.15) is 0 Å². The van der Waals surface area contributed by atoms with E-state index in [1.807, 2.05) is 0 Å². The van der Waals surface area contributed by atoms with Crippen LogP contribution < -0.4 is 15.9 Å². The minimum atomic E-state index is -0.288. The number of phenolic OH excluding ortho intramolecular Hbond substituents is 2. The fourth-order valence-electron chi connectivity index (χ4n) is 2.33. The number of ether oxygens (including phenoxy) is 1. The lowest BCUT2D eigenvalue weighted by Gasteiger charge is -2.09. The first-order valence-corrected chi connectivity index (χ1v) is 7.01. The summed E-state index contributed by atoms with van der Waals surface area (Å²) in [5.74, 6) is 0.265. The molecule has 0 aliphatic carbocycles. The Morgan fingerprint density at radius 2 is 1.83 bits per heavy atom. The Kier molecular flexibility index (Phi) is 3.91. The number of rotatable bonds is 4. The van der Waals surface area contributed by atoms with Crippen LogP contribution in [-0.4, -0.2) is 23.4 Å². The smallest absolute Gasteiger partial charge is 0.204 e. The van der Waals surface area contributed by atoms with E-state index in [1.165, 1.54) is 30.5 Å². The number of fused-ring (bicyclic) bond motifs is 1. The van der Waals surface area contributed by atoms with Crippen LogP contribution in [0.5, 0.6) is 17.2 Å². The molecule has 0 aliphatic heterocycles. The molecule has 0 saturated carbocycles. The van der Waals surface area contributed by atoms with Gasteiger partial charge in [-0.3, -0.25) is 4.79 Å². The normalized spacial score (nSPS) is 10.8. The lowest BCUT2D eigenvalue weighted by Crippen LogP contribution is -2.13. The molecule has 0 unspecified atom stereocenters. The molecule has 118 valence electrons. The van der Waals surface area contributed by atoms with Gasteiger partial charge < -0.3 is 25.1 Å². The molecule has 1 heterocycles. The number of aromatic hydroxyl groups is 2. The Labute approximate surface area is 131 Å². The Morgan fingerprint density at radius 1 is 1.09 bits per heavy atom. The third-order valence-corrected chi connectivity index (χ3v) is 3.38. The maximum atomic E-state index is 12.8. The standard InChI is InChI=1S/C17H15NO5/c18-5-6-22-14-7-12(20)8-15-16(14)17(21)13(9-23-15)10-1-3-11(19)4-2-10/h1-4,7-9,19-20H,5-6,18H2. The molecule has 0 saturated heterocycles. The van der Waals surface area contributed by atoms with Crippen molar-refractivity contribution in [2.75, 3.05) is 13.2 Å². The molecule has 6 nitrogen and oxygen atoms in total. The van der Waals surface area contributed by atoms with E-state index in [2.05, 4.69) is 0 Å². The lowest BCUT2D eigenvalue weighted by molar-refractivity contribution is 0.329. The second-order valence-corrected chi connectivity index (χ2v) is 4.98. The van der Waals surface area contributed by atoms with Crippen molar-refractivity contribution in [2.24, 2.45) is 5.73 Å². The lowest BCUT2D eigenvalue weighted by atomic mass is 10.0. The average Bonchev–Trinajstić information content (AvgIpc) is 2.53. The highest BCUT2D eigenvalue weighted by Crippen LogP contribution is 2.30. The van der Waals surface area contributed by atoms with Crippen LogP contribution in [-0.2, 0) is 0 Å². The van der Waals surface area contributed by atoms with Crippen molar-refractivity contribution in [3.63, 3.8) is 0 Å². The summed E-state index contributed by atoms with van der Waals surface area (Å²) in [4.78, 5) is 12.8. The van der Waals surface area contributed by atoms with Crippen LogP contribution >= 0.6 is 0 Å². The molecule has 0 aliphatic rings. The molecule has 0 bridgehead atoms. The third kappa shape index (κ3) is 2.84. The van der Waals surface area contributed by atoms with Crippen LogP contribution in [0.15, 0.2) is 51.9 Å². The summed E-state index contributed by atoms with van der Waals surface area (Å²) in [6.45, 7) is 0.488. The zero-order valence-electron chi connectivity index (χ0n) is 12.2. The van der Waals surface area contributed by atoms with Crippen LogP contribution in [0.25, 0.3) is 22.1 Å². The minimum Gasteiger partial charge on any atom is -0.508 e. The van der Waals surface area contributed by atoms with E-state index in [-0.39, 0.29) is 46.8 Å².